The number of hydrazone groups is 1. The van der Waals surface area contributed by atoms with Gasteiger partial charge in [0.25, 0.3) is 0 Å². The fourth-order valence-electron chi connectivity index (χ4n) is 2.83. The SMILES string of the molecule is CC(=NNC(=O)C(=O)Nc1cc(Cl)ccc1Cl)c1ccccc1OC(=O)c1ccccc1C. The molecule has 0 aliphatic heterocycles. The first-order valence-corrected chi connectivity index (χ1v) is 10.5. The summed E-state index contributed by atoms with van der Waals surface area (Å²) in [6.45, 7) is 3.42. The van der Waals surface area contributed by atoms with Gasteiger partial charge in [-0.25, -0.2) is 10.2 Å². The zero-order chi connectivity index (χ0) is 24.0. The summed E-state index contributed by atoms with van der Waals surface area (Å²) in [7, 11) is 0. The van der Waals surface area contributed by atoms with Gasteiger partial charge in [-0.15, -0.1) is 0 Å². The second kappa shape index (κ2) is 10.8. The highest BCUT2D eigenvalue weighted by atomic mass is 35.5. The molecule has 9 heteroatoms. The van der Waals surface area contributed by atoms with E-state index in [1.165, 1.54) is 12.1 Å². The van der Waals surface area contributed by atoms with Crippen LogP contribution in [0.1, 0.15) is 28.4 Å². The minimum Gasteiger partial charge on any atom is -0.422 e. The lowest BCUT2D eigenvalue weighted by atomic mass is 10.1. The Hall–Kier alpha value is -3.68. The summed E-state index contributed by atoms with van der Waals surface area (Å²) in [5.41, 5.74) is 4.38. The topological polar surface area (TPSA) is 96.9 Å². The molecule has 0 heterocycles. The number of esters is 1. The van der Waals surface area contributed by atoms with Crippen LogP contribution in [-0.2, 0) is 9.59 Å². The van der Waals surface area contributed by atoms with Crippen molar-refractivity contribution in [1.82, 2.24) is 5.43 Å². The predicted molar refractivity (Wildman–Crippen MR) is 128 cm³/mol. The molecule has 0 aromatic heterocycles. The van der Waals surface area contributed by atoms with Gasteiger partial charge in [-0.3, -0.25) is 9.59 Å². The Kier molecular flexibility index (Phi) is 7.82. The van der Waals surface area contributed by atoms with E-state index >= 15 is 0 Å². The molecular formula is C24H19Cl2N3O4. The van der Waals surface area contributed by atoms with Crippen LogP contribution in [0.15, 0.2) is 71.8 Å². The van der Waals surface area contributed by atoms with Gasteiger partial charge in [0.2, 0.25) is 0 Å². The first kappa shape index (κ1) is 24.0. The molecule has 3 aromatic rings. The van der Waals surface area contributed by atoms with Crippen molar-refractivity contribution in [3.8, 4) is 5.75 Å². The van der Waals surface area contributed by atoms with Crippen LogP contribution in [0.2, 0.25) is 10.0 Å². The number of aryl methyl sites for hydroxylation is 1. The molecule has 7 nitrogen and oxygen atoms in total. The number of nitrogens with zero attached hydrogens (tertiary/aromatic N) is 1. The maximum Gasteiger partial charge on any atom is 0.343 e. The van der Waals surface area contributed by atoms with Gasteiger partial charge in [-0.2, -0.15) is 5.10 Å². The summed E-state index contributed by atoms with van der Waals surface area (Å²) < 4.78 is 5.55. The average molecular weight is 484 g/mol. The third-order valence-electron chi connectivity index (χ3n) is 4.55. The van der Waals surface area contributed by atoms with Gasteiger partial charge in [-0.1, -0.05) is 53.5 Å². The molecule has 2 amide bonds. The average Bonchev–Trinajstić information content (AvgIpc) is 2.80. The maximum absolute atomic E-state index is 12.6. The maximum atomic E-state index is 12.6. The fraction of sp³-hybridized carbons (Fsp3) is 0.0833. The van der Waals surface area contributed by atoms with Crippen molar-refractivity contribution in [2.75, 3.05) is 5.32 Å². The van der Waals surface area contributed by atoms with Crippen molar-refractivity contribution in [2.45, 2.75) is 13.8 Å². The Morgan fingerprint density at radius 2 is 1.55 bits per heavy atom. The van der Waals surface area contributed by atoms with Crippen LogP contribution in [0.25, 0.3) is 0 Å². The third kappa shape index (κ3) is 6.19. The Labute approximate surface area is 200 Å². The molecule has 3 aromatic carbocycles. The lowest BCUT2D eigenvalue weighted by Gasteiger charge is -2.11. The zero-order valence-corrected chi connectivity index (χ0v) is 19.2. The monoisotopic (exact) mass is 483 g/mol. The largest absolute Gasteiger partial charge is 0.422 e. The number of para-hydroxylation sites is 1. The second-order valence-electron chi connectivity index (χ2n) is 6.92. The minimum atomic E-state index is -1.01. The number of nitrogens with one attached hydrogen (secondary N) is 2. The van der Waals surface area contributed by atoms with Crippen molar-refractivity contribution >= 4 is 52.4 Å². The van der Waals surface area contributed by atoms with E-state index in [1.54, 1.807) is 49.4 Å². The second-order valence-corrected chi connectivity index (χ2v) is 7.76. The van der Waals surface area contributed by atoms with Crippen molar-refractivity contribution < 1.29 is 19.1 Å². The third-order valence-corrected chi connectivity index (χ3v) is 5.12. The molecule has 0 aliphatic carbocycles. The number of hydrogen-bond acceptors (Lipinski definition) is 5. The molecule has 0 fully saturated rings. The Morgan fingerprint density at radius 1 is 0.879 bits per heavy atom. The molecule has 0 aliphatic rings. The van der Waals surface area contributed by atoms with Crippen LogP contribution in [0, 0.1) is 6.92 Å². The molecule has 0 saturated heterocycles. The van der Waals surface area contributed by atoms with Gasteiger partial charge in [0.1, 0.15) is 5.75 Å². The van der Waals surface area contributed by atoms with Gasteiger partial charge in [0, 0.05) is 10.6 Å². The molecule has 0 spiro atoms. The number of amides is 2. The summed E-state index contributed by atoms with van der Waals surface area (Å²) >= 11 is 11.9. The first-order chi connectivity index (χ1) is 15.8. The smallest absolute Gasteiger partial charge is 0.343 e. The van der Waals surface area contributed by atoms with E-state index < -0.39 is 17.8 Å². The Balaban J connectivity index is 1.71. The van der Waals surface area contributed by atoms with Crippen molar-refractivity contribution in [1.29, 1.82) is 0 Å². The molecule has 0 unspecified atom stereocenters. The van der Waals surface area contributed by atoms with Crippen molar-refractivity contribution in [3.05, 3.63) is 93.5 Å². The first-order valence-electron chi connectivity index (χ1n) is 9.74. The summed E-state index contributed by atoms with van der Waals surface area (Å²) in [6.07, 6.45) is 0. The van der Waals surface area contributed by atoms with Crippen LogP contribution < -0.4 is 15.5 Å². The van der Waals surface area contributed by atoms with E-state index in [0.29, 0.717) is 21.9 Å². The Morgan fingerprint density at radius 3 is 2.27 bits per heavy atom. The number of carbonyl (C=O) groups is 3. The highest BCUT2D eigenvalue weighted by molar-refractivity contribution is 6.42. The normalized spacial score (nSPS) is 11.0. The van der Waals surface area contributed by atoms with E-state index in [2.05, 4.69) is 15.8 Å². The van der Waals surface area contributed by atoms with Crippen LogP contribution in [0.5, 0.6) is 5.75 Å². The molecule has 0 atom stereocenters. The van der Waals surface area contributed by atoms with E-state index in [1.807, 2.05) is 19.1 Å². The predicted octanol–water partition coefficient (Wildman–Crippen LogP) is 5.00. The van der Waals surface area contributed by atoms with Gasteiger partial charge in [0.15, 0.2) is 0 Å². The lowest BCUT2D eigenvalue weighted by Crippen LogP contribution is -2.33. The molecule has 2 N–H and O–H groups in total. The summed E-state index contributed by atoms with van der Waals surface area (Å²) in [5, 5.41) is 6.90. The number of hydrogen-bond donors (Lipinski definition) is 2. The molecule has 168 valence electrons. The van der Waals surface area contributed by atoms with Crippen LogP contribution >= 0.6 is 23.2 Å². The van der Waals surface area contributed by atoms with Crippen molar-refractivity contribution in [3.63, 3.8) is 0 Å². The molecule has 3 rings (SSSR count). The van der Waals surface area contributed by atoms with E-state index in [4.69, 9.17) is 27.9 Å². The standard InChI is InChI=1S/C24H19Cl2N3O4/c1-14-7-3-4-8-17(14)24(32)33-21-10-6-5-9-18(21)15(2)28-29-23(31)22(30)27-20-13-16(25)11-12-19(20)26/h3-13H,1-2H3,(H,27,30)(H,29,31). The Bertz CT molecular complexity index is 1260. The molecule has 0 saturated carbocycles. The summed E-state index contributed by atoms with van der Waals surface area (Å²) in [5.74, 6) is -2.25. The number of carbonyl (C=O) groups excluding carboxylic acids is 3. The number of anilines is 1. The van der Waals surface area contributed by atoms with Crippen LogP contribution in [0.3, 0.4) is 0 Å². The molecule has 33 heavy (non-hydrogen) atoms. The van der Waals surface area contributed by atoms with E-state index in [-0.39, 0.29) is 16.5 Å². The molecule has 0 radical (unpaired) electrons. The van der Waals surface area contributed by atoms with E-state index in [9.17, 15) is 14.4 Å². The van der Waals surface area contributed by atoms with E-state index in [0.717, 1.165) is 5.56 Å². The van der Waals surface area contributed by atoms with Gasteiger partial charge in [-0.05, 0) is 55.8 Å². The van der Waals surface area contributed by atoms with Gasteiger partial charge >= 0.3 is 17.8 Å². The van der Waals surface area contributed by atoms with Gasteiger partial charge < -0.3 is 10.1 Å². The molecule has 0 bridgehead atoms. The summed E-state index contributed by atoms with van der Waals surface area (Å²) in [4.78, 5) is 36.9. The quantitative estimate of drug-likeness (QED) is 0.175. The highest BCUT2D eigenvalue weighted by Gasteiger charge is 2.17. The highest BCUT2D eigenvalue weighted by Crippen LogP contribution is 2.25. The number of rotatable bonds is 5. The van der Waals surface area contributed by atoms with Crippen molar-refractivity contribution in [2.24, 2.45) is 5.10 Å². The van der Waals surface area contributed by atoms with Crippen LogP contribution in [-0.4, -0.2) is 23.5 Å². The number of benzene rings is 3. The molecular weight excluding hydrogens is 465 g/mol. The number of ether oxygens (including phenoxy) is 1. The number of halogens is 2. The van der Waals surface area contributed by atoms with Gasteiger partial charge in [0.05, 0.1) is 22.0 Å². The fourth-order valence-corrected chi connectivity index (χ4v) is 3.17. The lowest BCUT2D eigenvalue weighted by molar-refractivity contribution is -0.136. The summed E-state index contributed by atoms with van der Waals surface area (Å²) in [6, 6.07) is 18.3. The zero-order valence-electron chi connectivity index (χ0n) is 17.7. The minimum absolute atomic E-state index is 0.193. The van der Waals surface area contributed by atoms with Crippen LogP contribution in [0.4, 0.5) is 5.69 Å².